The molecule has 1 aromatic rings. The Kier molecular flexibility index (Phi) is 7.92. The van der Waals surface area contributed by atoms with Gasteiger partial charge in [-0.25, -0.2) is 0 Å². The van der Waals surface area contributed by atoms with E-state index >= 15 is 0 Å². The van der Waals surface area contributed by atoms with Crippen LogP contribution in [0.4, 0.5) is 0 Å². The van der Waals surface area contributed by atoms with Crippen molar-refractivity contribution < 1.29 is 19.0 Å². The molecule has 1 rings (SSSR count). The lowest BCUT2D eigenvalue weighted by Gasteiger charge is -2.10. The predicted molar refractivity (Wildman–Crippen MR) is 78.4 cm³/mol. The van der Waals surface area contributed by atoms with E-state index in [0.717, 1.165) is 6.61 Å². The molecule has 0 aromatic heterocycles. The van der Waals surface area contributed by atoms with Crippen molar-refractivity contribution in [3.05, 3.63) is 29.8 Å². The van der Waals surface area contributed by atoms with Gasteiger partial charge in [-0.05, 0) is 25.0 Å². The third-order valence-electron chi connectivity index (χ3n) is 2.57. The first-order chi connectivity index (χ1) is 9.61. The lowest BCUT2D eigenvalue weighted by atomic mass is 10.1. The van der Waals surface area contributed by atoms with Crippen molar-refractivity contribution in [2.45, 2.75) is 20.8 Å². The molecule has 112 valence electrons. The minimum Gasteiger partial charge on any atom is -0.490 e. The summed E-state index contributed by atoms with van der Waals surface area (Å²) in [6.45, 7) is 8.58. The molecular formula is C16H24O4. The summed E-state index contributed by atoms with van der Waals surface area (Å²) in [5, 5.41) is 0. The van der Waals surface area contributed by atoms with E-state index < -0.39 is 0 Å². The van der Waals surface area contributed by atoms with Crippen LogP contribution in [0.1, 0.15) is 31.1 Å². The van der Waals surface area contributed by atoms with Crippen LogP contribution in [-0.4, -0.2) is 38.8 Å². The average Bonchev–Trinajstić information content (AvgIpc) is 2.41. The highest BCUT2D eigenvalue weighted by Gasteiger charge is 2.06. The van der Waals surface area contributed by atoms with Crippen molar-refractivity contribution in [2.75, 3.05) is 33.0 Å². The SMILES string of the molecule is CC(=O)c1ccccc1OCCOCCOCC(C)C. The van der Waals surface area contributed by atoms with Gasteiger partial charge in [0, 0.05) is 6.61 Å². The standard InChI is InChI=1S/C16H24O4/c1-13(2)12-19-9-8-18-10-11-20-16-7-5-4-6-15(16)14(3)17/h4-7,13H,8-12H2,1-3H3. The van der Waals surface area contributed by atoms with Crippen LogP contribution in [0.15, 0.2) is 24.3 Å². The van der Waals surface area contributed by atoms with E-state index in [2.05, 4.69) is 13.8 Å². The molecule has 4 nitrogen and oxygen atoms in total. The van der Waals surface area contributed by atoms with Crippen LogP contribution in [0.25, 0.3) is 0 Å². The van der Waals surface area contributed by atoms with E-state index in [0.29, 0.717) is 43.7 Å². The Morgan fingerprint density at radius 1 is 1.05 bits per heavy atom. The molecule has 0 atom stereocenters. The fourth-order valence-corrected chi connectivity index (χ4v) is 1.63. The zero-order valence-corrected chi connectivity index (χ0v) is 12.6. The van der Waals surface area contributed by atoms with Crippen LogP contribution < -0.4 is 4.74 Å². The summed E-state index contributed by atoms with van der Waals surface area (Å²) in [7, 11) is 0. The summed E-state index contributed by atoms with van der Waals surface area (Å²) < 4.78 is 16.4. The Labute approximate surface area is 121 Å². The normalized spacial score (nSPS) is 10.8. The lowest BCUT2D eigenvalue weighted by Crippen LogP contribution is -2.13. The van der Waals surface area contributed by atoms with E-state index in [1.54, 1.807) is 12.1 Å². The van der Waals surface area contributed by atoms with Gasteiger partial charge in [0.15, 0.2) is 5.78 Å². The van der Waals surface area contributed by atoms with Gasteiger partial charge in [-0.1, -0.05) is 26.0 Å². The largest absolute Gasteiger partial charge is 0.490 e. The van der Waals surface area contributed by atoms with Crippen molar-refractivity contribution in [2.24, 2.45) is 5.92 Å². The van der Waals surface area contributed by atoms with Gasteiger partial charge in [0.05, 0.1) is 25.4 Å². The molecule has 0 saturated heterocycles. The fraction of sp³-hybridized carbons (Fsp3) is 0.562. The first-order valence-corrected chi connectivity index (χ1v) is 6.99. The van der Waals surface area contributed by atoms with Gasteiger partial charge in [0.2, 0.25) is 0 Å². The Morgan fingerprint density at radius 2 is 1.70 bits per heavy atom. The van der Waals surface area contributed by atoms with Crippen LogP contribution in [0.5, 0.6) is 5.75 Å². The number of rotatable bonds is 10. The second kappa shape index (κ2) is 9.50. The van der Waals surface area contributed by atoms with Gasteiger partial charge in [-0.2, -0.15) is 0 Å². The maximum absolute atomic E-state index is 11.4. The van der Waals surface area contributed by atoms with Gasteiger partial charge in [0.25, 0.3) is 0 Å². The Hall–Kier alpha value is -1.39. The zero-order valence-electron chi connectivity index (χ0n) is 12.6. The predicted octanol–water partition coefficient (Wildman–Crippen LogP) is 2.96. The van der Waals surface area contributed by atoms with Crippen molar-refractivity contribution in [3.63, 3.8) is 0 Å². The molecule has 0 amide bonds. The van der Waals surface area contributed by atoms with E-state index in [1.807, 2.05) is 12.1 Å². The number of carbonyl (C=O) groups excluding carboxylic acids is 1. The summed E-state index contributed by atoms with van der Waals surface area (Å²) in [5.74, 6) is 1.16. The van der Waals surface area contributed by atoms with Crippen molar-refractivity contribution >= 4 is 5.78 Å². The van der Waals surface area contributed by atoms with Crippen molar-refractivity contribution in [1.29, 1.82) is 0 Å². The molecule has 20 heavy (non-hydrogen) atoms. The number of ether oxygens (including phenoxy) is 3. The second-order valence-corrected chi connectivity index (χ2v) is 4.98. The minimum absolute atomic E-state index is 0.00334. The first-order valence-electron chi connectivity index (χ1n) is 6.99. The van der Waals surface area contributed by atoms with Gasteiger partial charge in [-0.3, -0.25) is 4.79 Å². The quantitative estimate of drug-likeness (QED) is 0.488. The summed E-state index contributed by atoms with van der Waals surface area (Å²) >= 11 is 0. The van der Waals surface area contributed by atoms with E-state index in [1.165, 1.54) is 6.92 Å². The summed E-state index contributed by atoms with van der Waals surface area (Å²) in [5.41, 5.74) is 0.604. The number of para-hydroxylation sites is 1. The molecule has 0 saturated carbocycles. The number of benzene rings is 1. The third-order valence-corrected chi connectivity index (χ3v) is 2.57. The fourth-order valence-electron chi connectivity index (χ4n) is 1.63. The highest BCUT2D eigenvalue weighted by molar-refractivity contribution is 5.96. The number of ketones is 1. The molecule has 0 aliphatic rings. The molecule has 0 spiro atoms. The molecule has 4 heteroatoms. The molecule has 0 fully saturated rings. The van der Waals surface area contributed by atoms with Crippen LogP contribution in [0.2, 0.25) is 0 Å². The average molecular weight is 280 g/mol. The zero-order chi connectivity index (χ0) is 14.8. The number of hydrogen-bond donors (Lipinski definition) is 0. The van der Waals surface area contributed by atoms with Crippen LogP contribution in [0, 0.1) is 5.92 Å². The summed E-state index contributed by atoms with van der Waals surface area (Å²) in [6, 6.07) is 7.23. The second-order valence-electron chi connectivity index (χ2n) is 4.98. The van der Waals surface area contributed by atoms with Crippen LogP contribution in [0.3, 0.4) is 0 Å². The molecular weight excluding hydrogens is 256 g/mol. The lowest BCUT2D eigenvalue weighted by molar-refractivity contribution is 0.0282. The Morgan fingerprint density at radius 3 is 2.40 bits per heavy atom. The topological polar surface area (TPSA) is 44.8 Å². The highest BCUT2D eigenvalue weighted by atomic mass is 16.5. The van der Waals surface area contributed by atoms with Crippen molar-refractivity contribution in [3.8, 4) is 5.75 Å². The number of hydrogen-bond acceptors (Lipinski definition) is 4. The van der Waals surface area contributed by atoms with Crippen LogP contribution in [-0.2, 0) is 9.47 Å². The van der Waals surface area contributed by atoms with E-state index in [-0.39, 0.29) is 5.78 Å². The Bertz CT molecular complexity index is 401. The number of Topliss-reactive ketones (excluding diaryl/α,β-unsaturated/α-hetero) is 1. The monoisotopic (exact) mass is 280 g/mol. The number of carbonyl (C=O) groups is 1. The molecule has 0 N–H and O–H groups in total. The van der Waals surface area contributed by atoms with Crippen molar-refractivity contribution in [1.82, 2.24) is 0 Å². The smallest absolute Gasteiger partial charge is 0.163 e. The maximum Gasteiger partial charge on any atom is 0.163 e. The molecule has 0 bridgehead atoms. The van der Waals surface area contributed by atoms with Gasteiger partial charge >= 0.3 is 0 Å². The third kappa shape index (κ3) is 6.68. The van der Waals surface area contributed by atoms with E-state index in [4.69, 9.17) is 14.2 Å². The summed E-state index contributed by atoms with van der Waals surface area (Å²) in [4.78, 5) is 11.4. The first kappa shape index (κ1) is 16.7. The molecule has 0 aliphatic heterocycles. The molecule has 0 aliphatic carbocycles. The van der Waals surface area contributed by atoms with Gasteiger partial charge in [0.1, 0.15) is 12.4 Å². The Balaban J connectivity index is 2.14. The van der Waals surface area contributed by atoms with E-state index in [9.17, 15) is 4.79 Å². The minimum atomic E-state index is 0.00334. The highest BCUT2D eigenvalue weighted by Crippen LogP contribution is 2.18. The van der Waals surface area contributed by atoms with Gasteiger partial charge in [-0.15, -0.1) is 0 Å². The molecule has 1 aromatic carbocycles. The maximum atomic E-state index is 11.4. The molecule has 0 radical (unpaired) electrons. The molecule has 0 unspecified atom stereocenters. The van der Waals surface area contributed by atoms with Crippen LogP contribution >= 0.6 is 0 Å². The van der Waals surface area contributed by atoms with Gasteiger partial charge < -0.3 is 14.2 Å². The summed E-state index contributed by atoms with van der Waals surface area (Å²) in [6.07, 6.45) is 0. The molecule has 0 heterocycles.